The van der Waals surface area contributed by atoms with Crippen molar-refractivity contribution < 1.29 is 14.3 Å². The second kappa shape index (κ2) is 8.67. The summed E-state index contributed by atoms with van der Waals surface area (Å²) in [5.74, 6) is 1.65. The summed E-state index contributed by atoms with van der Waals surface area (Å²) in [5, 5.41) is 4.88. The number of fused-ring (bicyclic) bond motifs is 1. The number of Topliss-reactive ketones (excluding diaryl/α,β-unsaturated/α-hetero) is 1. The highest BCUT2D eigenvalue weighted by Crippen LogP contribution is 2.36. The maximum atomic E-state index is 13.1. The molecule has 0 bridgehead atoms. The van der Waals surface area contributed by atoms with Gasteiger partial charge >= 0.3 is 0 Å². The first kappa shape index (κ1) is 21.7. The number of ether oxygens (including phenoxy) is 2. The molecule has 5 rings (SSSR count). The van der Waals surface area contributed by atoms with Crippen molar-refractivity contribution in [1.29, 1.82) is 0 Å². The van der Waals surface area contributed by atoms with Crippen LogP contribution < -0.4 is 9.47 Å². The number of hydrogen-bond donors (Lipinski definition) is 0. The molecule has 5 nitrogen and oxygen atoms in total. The van der Waals surface area contributed by atoms with E-state index in [4.69, 9.17) is 14.6 Å². The van der Waals surface area contributed by atoms with Crippen LogP contribution in [0.1, 0.15) is 39.5 Å². The predicted molar refractivity (Wildman–Crippen MR) is 134 cm³/mol. The number of carbonyl (C=O) groups is 1. The molecule has 0 amide bonds. The van der Waals surface area contributed by atoms with Gasteiger partial charge in [0.05, 0.1) is 17.9 Å². The van der Waals surface area contributed by atoms with Crippen LogP contribution in [0.25, 0.3) is 23.0 Å². The number of nitrogens with zero attached hydrogens (tertiary/aromatic N) is 2. The van der Waals surface area contributed by atoms with Crippen LogP contribution >= 0.6 is 0 Å². The smallest absolute Gasteiger partial charge is 0.231 e. The molecule has 34 heavy (non-hydrogen) atoms. The van der Waals surface area contributed by atoms with Crippen LogP contribution in [0.5, 0.6) is 11.5 Å². The van der Waals surface area contributed by atoms with E-state index in [1.807, 2.05) is 93.2 Å². The maximum absolute atomic E-state index is 13.1. The van der Waals surface area contributed by atoms with E-state index in [0.29, 0.717) is 23.7 Å². The molecule has 0 radical (unpaired) electrons. The number of ketones is 1. The molecule has 0 N–H and O–H groups in total. The van der Waals surface area contributed by atoms with Crippen molar-refractivity contribution in [3.05, 3.63) is 100 Å². The lowest BCUT2D eigenvalue weighted by atomic mass is 10.0. The Kier molecular flexibility index (Phi) is 5.54. The standard InChI is InChI=1S/C29H26N2O3/c1-5-33-25-12-11-21(13-20(25)4)28-22(17-31(30-28)23-9-7-6-8-10-23)16-27-29(32)24-14-18(2)19(3)15-26(24)34-27/h6-17H,5H2,1-4H3/b27-16-. The first-order valence-electron chi connectivity index (χ1n) is 11.4. The quantitative estimate of drug-likeness (QED) is 0.327. The third kappa shape index (κ3) is 3.90. The molecule has 5 heteroatoms. The van der Waals surface area contributed by atoms with Crippen LogP contribution in [-0.2, 0) is 0 Å². The summed E-state index contributed by atoms with van der Waals surface area (Å²) in [6.45, 7) is 8.62. The summed E-state index contributed by atoms with van der Waals surface area (Å²) in [4.78, 5) is 13.1. The van der Waals surface area contributed by atoms with Crippen molar-refractivity contribution >= 4 is 11.9 Å². The number of aromatic nitrogens is 2. The molecular weight excluding hydrogens is 424 g/mol. The fourth-order valence-electron chi connectivity index (χ4n) is 4.13. The van der Waals surface area contributed by atoms with Gasteiger partial charge in [0.25, 0.3) is 0 Å². The number of hydrogen-bond acceptors (Lipinski definition) is 4. The first-order valence-corrected chi connectivity index (χ1v) is 11.4. The number of aryl methyl sites for hydroxylation is 3. The highest BCUT2D eigenvalue weighted by Gasteiger charge is 2.28. The Morgan fingerprint density at radius 2 is 1.74 bits per heavy atom. The Morgan fingerprint density at radius 1 is 0.971 bits per heavy atom. The molecule has 0 unspecified atom stereocenters. The second-order valence-electron chi connectivity index (χ2n) is 8.50. The predicted octanol–water partition coefficient (Wildman–Crippen LogP) is 6.48. The highest BCUT2D eigenvalue weighted by atomic mass is 16.5. The Bertz CT molecular complexity index is 1430. The Morgan fingerprint density at radius 3 is 2.47 bits per heavy atom. The molecule has 0 saturated heterocycles. The van der Waals surface area contributed by atoms with E-state index in [1.165, 1.54) is 0 Å². The summed E-state index contributed by atoms with van der Waals surface area (Å²) in [5.41, 5.74) is 7.23. The van der Waals surface area contributed by atoms with Crippen molar-refractivity contribution in [2.75, 3.05) is 6.61 Å². The highest BCUT2D eigenvalue weighted by molar-refractivity contribution is 6.14. The number of rotatable bonds is 5. The zero-order chi connectivity index (χ0) is 23.8. The lowest BCUT2D eigenvalue weighted by molar-refractivity contribution is 0.101. The van der Waals surface area contributed by atoms with Gasteiger partial charge in [-0.05, 0) is 92.9 Å². The molecule has 0 saturated carbocycles. The minimum atomic E-state index is -0.112. The van der Waals surface area contributed by atoms with Gasteiger partial charge in [-0.1, -0.05) is 18.2 Å². The molecular formula is C29H26N2O3. The molecule has 0 aliphatic carbocycles. The van der Waals surface area contributed by atoms with Crippen LogP contribution in [0, 0.1) is 20.8 Å². The van der Waals surface area contributed by atoms with Gasteiger partial charge in [-0.3, -0.25) is 4.79 Å². The molecule has 0 atom stereocenters. The van der Waals surface area contributed by atoms with E-state index < -0.39 is 0 Å². The van der Waals surface area contributed by atoms with Gasteiger partial charge in [0, 0.05) is 17.3 Å². The normalized spacial score (nSPS) is 13.8. The summed E-state index contributed by atoms with van der Waals surface area (Å²) < 4.78 is 13.5. The zero-order valence-electron chi connectivity index (χ0n) is 19.8. The number of benzene rings is 3. The molecule has 0 fully saturated rings. The number of allylic oxidation sites excluding steroid dienone is 1. The van der Waals surface area contributed by atoms with Gasteiger partial charge < -0.3 is 9.47 Å². The summed E-state index contributed by atoms with van der Waals surface area (Å²) in [6, 6.07) is 19.8. The summed E-state index contributed by atoms with van der Waals surface area (Å²) >= 11 is 0. The summed E-state index contributed by atoms with van der Waals surface area (Å²) in [6.07, 6.45) is 3.72. The summed E-state index contributed by atoms with van der Waals surface area (Å²) in [7, 11) is 0. The van der Waals surface area contributed by atoms with Gasteiger partial charge in [-0.15, -0.1) is 0 Å². The lowest BCUT2D eigenvalue weighted by Crippen LogP contribution is -1.98. The van der Waals surface area contributed by atoms with Gasteiger partial charge in [-0.25, -0.2) is 4.68 Å². The Labute approximate surface area is 199 Å². The SMILES string of the molecule is CCOc1ccc(-c2nn(-c3ccccc3)cc2/C=C2\Oc3cc(C)c(C)cc3C2=O)cc1C. The molecule has 4 aromatic rings. The minimum Gasteiger partial charge on any atom is -0.494 e. The third-order valence-corrected chi connectivity index (χ3v) is 6.08. The second-order valence-corrected chi connectivity index (χ2v) is 8.50. The third-order valence-electron chi connectivity index (χ3n) is 6.08. The van der Waals surface area contributed by atoms with Crippen molar-refractivity contribution in [2.45, 2.75) is 27.7 Å². The van der Waals surface area contributed by atoms with Crippen LogP contribution in [-0.4, -0.2) is 22.2 Å². The molecule has 1 aliphatic heterocycles. The lowest BCUT2D eigenvalue weighted by Gasteiger charge is -2.08. The monoisotopic (exact) mass is 450 g/mol. The van der Waals surface area contributed by atoms with Crippen LogP contribution in [0.3, 0.4) is 0 Å². The largest absolute Gasteiger partial charge is 0.494 e. The van der Waals surface area contributed by atoms with E-state index in [-0.39, 0.29) is 5.78 Å². The average Bonchev–Trinajstić information content (AvgIpc) is 3.38. The van der Waals surface area contributed by atoms with E-state index in [2.05, 4.69) is 6.07 Å². The molecule has 2 heterocycles. The van der Waals surface area contributed by atoms with Gasteiger partial charge in [0.2, 0.25) is 5.78 Å². The zero-order valence-corrected chi connectivity index (χ0v) is 19.8. The van der Waals surface area contributed by atoms with E-state index in [1.54, 1.807) is 6.08 Å². The number of para-hydroxylation sites is 1. The van der Waals surface area contributed by atoms with Gasteiger partial charge in [0.15, 0.2) is 5.76 Å². The van der Waals surface area contributed by atoms with Gasteiger partial charge in [0.1, 0.15) is 17.2 Å². The average molecular weight is 451 g/mol. The van der Waals surface area contributed by atoms with E-state index in [0.717, 1.165) is 44.9 Å². The maximum Gasteiger partial charge on any atom is 0.231 e. The molecule has 3 aromatic carbocycles. The van der Waals surface area contributed by atoms with Crippen molar-refractivity contribution in [3.63, 3.8) is 0 Å². The molecule has 1 aliphatic rings. The first-order chi connectivity index (χ1) is 16.4. The Balaban J connectivity index is 1.61. The molecule has 170 valence electrons. The van der Waals surface area contributed by atoms with Crippen molar-refractivity contribution in [2.24, 2.45) is 0 Å². The topological polar surface area (TPSA) is 53.4 Å². The van der Waals surface area contributed by atoms with E-state index in [9.17, 15) is 4.79 Å². The Hall–Kier alpha value is -4.12. The van der Waals surface area contributed by atoms with Crippen LogP contribution in [0.2, 0.25) is 0 Å². The van der Waals surface area contributed by atoms with Crippen LogP contribution in [0.15, 0.2) is 72.6 Å². The minimum absolute atomic E-state index is 0.112. The molecule has 1 aromatic heterocycles. The molecule has 0 spiro atoms. The van der Waals surface area contributed by atoms with E-state index >= 15 is 0 Å². The fraction of sp³-hybridized carbons (Fsp3) is 0.172. The number of carbonyl (C=O) groups excluding carboxylic acids is 1. The van der Waals surface area contributed by atoms with Crippen LogP contribution in [0.4, 0.5) is 0 Å². The van der Waals surface area contributed by atoms with Gasteiger partial charge in [-0.2, -0.15) is 5.10 Å². The van der Waals surface area contributed by atoms with Crippen molar-refractivity contribution in [3.8, 4) is 28.4 Å². The fourth-order valence-corrected chi connectivity index (χ4v) is 4.13. The van der Waals surface area contributed by atoms with Crippen molar-refractivity contribution in [1.82, 2.24) is 9.78 Å².